The number of carbonyl (C=O) groups is 9. The molecule has 0 aromatic carbocycles. The van der Waals surface area contributed by atoms with Crippen LogP contribution in [0.4, 0.5) is 0 Å². The van der Waals surface area contributed by atoms with E-state index < -0.39 is 119 Å². The highest BCUT2D eigenvalue weighted by atomic mass is 16.2. The molecule has 20 N–H and O–H groups in total. The highest BCUT2D eigenvalue weighted by Crippen LogP contribution is 2.25. The topological polar surface area (TPSA) is 455 Å². The lowest BCUT2D eigenvalue weighted by atomic mass is 9.96. The van der Waals surface area contributed by atoms with Crippen LogP contribution in [-0.4, -0.2) is 186 Å². The maximum absolute atomic E-state index is 14.7. The summed E-state index contributed by atoms with van der Waals surface area (Å²) in [5, 5.41) is 17.1. The van der Waals surface area contributed by atoms with E-state index in [2.05, 4.69) is 46.9 Å². The minimum absolute atomic E-state index is 0.000831. The molecule has 0 aromatic rings. The van der Waals surface area contributed by atoms with E-state index in [0.717, 1.165) is 0 Å². The van der Waals surface area contributed by atoms with Gasteiger partial charge in [-0.25, -0.2) is 0 Å². The molecule has 0 aromatic heterocycles. The monoisotopic (exact) mass is 1100 g/mol. The zero-order chi connectivity index (χ0) is 57.6. The van der Waals surface area contributed by atoms with Crippen molar-refractivity contribution in [1.29, 1.82) is 0 Å². The van der Waals surface area contributed by atoms with Gasteiger partial charge in [0, 0.05) is 39.3 Å². The van der Waals surface area contributed by atoms with Crippen molar-refractivity contribution in [2.75, 3.05) is 45.8 Å². The van der Waals surface area contributed by atoms with Crippen LogP contribution in [0.1, 0.15) is 130 Å². The Morgan fingerprint density at radius 2 is 0.795 bits per heavy atom. The van der Waals surface area contributed by atoms with Crippen LogP contribution in [-0.2, 0) is 43.2 Å². The fourth-order valence-corrected chi connectivity index (χ4v) is 10.4. The Labute approximate surface area is 457 Å². The van der Waals surface area contributed by atoms with Crippen molar-refractivity contribution < 1.29 is 43.2 Å². The lowest BCUT2D eigenvalue weighted by molar-refractivity contribution is -0.144. The summed E-state index contributed by atoms with van der Waals surface area (Å²) < 4.78 is 0. The van der Waals surface area contributed by atoms with Gasteiger partial charge in [0.15, 0.2) is 17.9 Å². The van der Waals surface area contributed by atoms with Crippen LogP contribution in [0, 0.1) is 11.8 Å². The van der Waals surface area contributed by atoms with E-state index in [1.54, 1.807) is 20.8 Å². The van der Waals surface area contributed by atoms with E-state index in [0.29, 0.717) is 45.1 Å². The molecule has 0 saturated carbocycles. The summed E-state index contributed by atoms with van der Waals surface area (Å²) in [5.41, 5.74) is 39.4. The summed E-state index contributed by atoms with van der Waals surface area (Å²) in [7, 11) is 0. The van der Waals surface area contributed by atoms with Crippen LogP contribution in [0.5, 0.6) is 0 Å². The molecule has 78 heavy (non-hydrogen) atoms. The standard InChI is InChI=1S/C50H89N19O9/c1-5-29(4)38-44(75)64-31(14-6-7-21-51)45(76)67-25-11-18-34(67)40(71)61-30(15-8-22-58-48(52)53)39(70)62-32(16-9-23-59-49(54)55)46(77)68-26-12-19-35(68)41(72)65-37(28(2)3)43(74)63-33(17-10-24-60-50(56)57)47(78)69-27-13-20-36(69)42(73)66-38/h28-38H,5-27,51H2,1-4H3,(H,61,71)(H,62,70)(H,63,74)(H,64,75)(H,65,72)(H,66,73)(H4,52,53,58)(H4,54,55,59)(H4,56,57,60)/t29-,30-,31-,32-,33-,34-,35-,36-,37-,38-/m0/s1. The molecule has 0 aliphatic carbocycles. The molecule has 10 atom stereocenters. The molecule has 4 rings (SSSR count). The number of hydrogen-bond donors (Lipinski definition) is 13. The maximum atomic E-state index is 14.7. The Hall–Kier alpha value is -7.00. The molecule has 28 nitrogen and oxygen atoms in total. The molecular formula is C50H89N19O9. The van der Waals surface area contributed by atoms with Crippen molar-refractivity contribution in [1.82, 2.24) is 46.6 Å². The van der Waals surface area contributed by atoms with Crippen LogP contribution < -0.4 is 72.0 Å². The van der Waals surface area contributed by atoms with Gasteiger partial charge in [-0.3, -0.25) is 58.1 Å². The van der Waals surface area contributed by atoms with E-state index in [-0.39, 0.29) is 121 Å². The lowest BCUT2D eigenvalue weighted by Crippen LogP contribution is -2.61. The number of unbranched alkanes of at least 4 members (excludes halogenated alkanes) is 1. The second-order valence-corrected chi connectivity index (χ2v) is 21.0. The molecule has 4 saturated heterocycles. The van der Waals surface area contributed by atoms with Gasteiger partial charge in [0.05, 0.1) is 0 Å². The molecular weight excluding hydrogens is 1010 g/mol. The molecule has 4 heterocycles. The molecule has 0 unspecified atom stereocenters. The Balaban J connectivity index is 1.83. The summed E-state index contributed by atoms with van der Waals surface area (Å²) in [4.78, 5) is 147. The molecule has 0 radical (unpaired) electrons. The molecule has 4 aliphatic heterocycles. The van der Waals surface area contributed by atoms with E-state index in [1.165, 1.54) is 14.7 Å². The number of guanidine groups is 3. The summed E-state index contributed by atoms with van der Waals surface area (Å²) in [6, 6.07) is -10.4. The molecule has 0 spiro atoms. The van der Waals surface area contributed by atoms with Gasteiger partial charge in [0.2, 0.25) is 53.2 Å². The summed E-state index contributed by atoms with van der Waals surface area (Å²) in [6.45, 7) is 8.10. The van der Waals surface area contributed by atoms with Crippen LogP contribution >= 0.6 is 0 Å². The van der Waals surface area contributed by atoms with Gasteiger partial charge >= 0.3 is 0 Å². The van der Waals surface area contributed by atoms with Crippen molar-refractivity contribution in [3.05, 3.63) is 0 Å². The second kappa shape index (κ2) is 31.4. The van der Waals surface area contributed by atoms with Crippen molar-refractivity contribution in [3.8, 4) is 0 Å². The number of nitrogens with two attached hydrogens (primary N) is 7. The predicted molar refractivity (Wildman–Crippen MR) is 293 cm³/mol. The lowest BCUT2D eigenvalue weighted by Gasteiger charge is -2.33. The van der Waals surface area contributed by atoms with Gasteiger partial charge in [-0.05, 0) is 115 Å². The number of fused-ring (bicyclic) bond motifs is 3. The zero-order valence-corrected chi connectivity index (χ0v) is 46.0. The number of hydrogen-bond acceptors (Lipinski definition) is 13. The van der Waals surface area contributed by atoms with Gasteiger partial charge < -0.3 is 86.7 Å². The number of amides is 9. The Bertz CT molecular complexity index is 2180. The van der Waals surface area contributed by atoms with Gasteiger partial charge in [0.1, 0.15) is 54.4 Å². The average Bonchev–Trinajstić information content (AvgIpc) is 4.24. The average molecular weight is 1100 g/mol. The largest absolute Gasteiger partial charge is 0.370 e. The SMILES string of the molecule is CC[C@H](C)[C@@H]1NC(=O)[C@@H]2CCCN2C(=O)[C@H](CCCN=C(N)N)NC(=O)[C@H](C(C)C)NC(=O)[C@@H]2CCCN2C(=O)[C@H](CCCN=C(N)N)NC(=O)[C@H](CCCN=C(N)N)NC(=O)[C@@H]2CCCN2C(=O)[C@H](CCCCN)NC1=O. The third-order valence-corrected chi connectivity index (χ3v) is 14.8. The number of aliphatic imine (C=N–C) groups is 3. The first kappa shape index (κ1) is 63.5. The van der Waals surface area contributed by atoms with Gasteiger partial charge in [-0.2, -0.15) is 0 Å². The first-order chi connectivity index (χ1) is 37.1. The Kier molecular flexibility index (Phi) is 25.6. The van der Waals surface area contributed by atoms with Crippen molar-refractivity contribution in [2.45, 2.75) is 185 Å². The molecule has 0 bridgehead atoms. The van der Waals surface area contributed by atoms with Crippen LogP contribution in [0.3, 0.4) is 0 Å². The van der Waals surface area contributed by atoms with Crippen molar-refractivity contribution in [2.24, 2.45) is 66.9 Å². The van der Waals surface area contributed by atoms with Gasteiger partial charge in [-0.1, -0.05) is 34.1 Å². The summed E-state index contributed by atoms with van der Waals surface area (Å²) in [5.74, 6) is -7.26. The fourth-order valence-electron chi connectivity index (χ4n) is 10.4. The van der Waals surface area contributed by atoms with Crippen LogP contribution in [0.25, 0.3) is 0 Å². The quantitative estimate of drug-likeness (QED) is 0.0332. The van der Waals surface area contributed by atoms with Crippen LogP contribution in [0.2, 0.25) is 0 Å². The van der Waals surface area contributed by atoms with E-state index >= 15 is 0 Å². The van der Waals surface area contributed by atoms with Crippen LogP contribution in [0.15, 0.2) is 15.0 Å². The van der Waals surface area contributed by atoms with E-state index in [4.69, 9.17) is 40.1 Å². The van der Waals surface area contributed by atoms with Crippen molar-refractivity contribution >= 4 is 71.0 Å². The van der Waals surface area contributed by atoms with Crippen molar-refractivity contribution in [3.63, 3.8) is 0 Å². The third-order valence-electron chi connectivity index (χ3n) is 14.8. The minimum atomic E-state index is -1.28. The van der Waals surface area contributed by atoms with Gasteiger partial charge in [0.25, 0.3) is 0 Å². The third kappa shape index (κ3) is 18.6. The Morgan fingerprint density at radius 3 is 1.17 bits per heavy atom. The molecule has 4 aliphatic rings. The second-order valence-electron chi connectivity index (χ2n) is 21.0. The first-order valence-electron chi connectivity index (χ1n) is 27.7. The smallest absolute Gasteiger partial charge is 0.245 e. The number of nitrogens with zero attached hydrogens (tertiary/aromatic N) is 6. The fraction of sp³-hybridized carbons (Fsp3) is 0.760. The molecule has 4 fully saturated rings. The maximum Gasteiger partial charge on any atom is 0.245 e. The minimum Gasteiger partial charge on any atom is -0.370 e. The number of nitrogens with one attached hydrogen (secondary N) is 6. The Morgan fingerprint density at radius 1 is 0.462 bits per heavy atom. The molecule has 28 heteroatoms. The normalized spacial score (nSPS) is 26.8. The predicted octanol–water partition coefficient (Wildman–Crippen LogP) is -4.13. The zero-order valence-electron chi connectivity index (χ0n) is 46.0. The first-order valence-corrected chi connectivity index (χ1v) is 27.7. The van der Waals surface area contributed by atoms with Gasteiger partial charge in [-0.15, -0.1) is 0 Å². The number of carbonyl (C=O) groups excluding carboxylic acids is 9. The highest BCUT2D eigenvalue weighted by Gasteiger charge is 2.44. The molecule has 9 amide bonds. The number of rotatable bonds is 19. The van der Waals surface area contributed by atoms with E-state index in [1.807, 2.05) is 6.92 Å². The molecule has 438 valence electrons. The summed E-state index contributed by atoms with van der Waals surface area (Å²) >= 11 is 0. The van der Waals surface area contributed by atoms with E-state index in [9.17, 15) is 43.2 Å². The summed E-state index contributed by atoms with van der Waals surface area (Å²) in [6.07, 6.45) is 4.22. The highest BCUT2D eigenvalue weighted by molar-refractivity contribution is 6.00.